The Labute approximate surface area is 120 Å². The molecule has 0 bridgehead atoms. The highest BCUT2D eigenvalue weighted by atomic mass is 35.5. The number of carbonyl (C=O) groups is 1. The van der Waals surface area contributed by atoms with Gasteiger partial charge in [-0.15, -0.1) is 12.4 Å². The number of piperidine rings is 1. The van der Waals surface area contributed by atoms with Crippen LogP contribution in [0, 0.1) is 5.92 Å². The molecule has 3 nitrogen and oxygen atoms in total. The number of rotatable bonds is 1. The number of amides is 1. The normalized spacial score (nSPS) is 25.6. The lowest BCUT2D eigenvalue weighted by atomic mass is 9.97. The highest BCUT2D eigenvalue weighted by Crippen LogP contribution is 2.33. The fraction of sp³-hybridized carbons (Fsp3) is 0.533. The van der Waals surface area contributed by atoms with Crippen LogP contribution < -0.4 is 10.2 Å². The second-order valence-electron chi connectivity index (χ2n) is 5.43. The molecule has 2 aliphatic rings. The Kier molecular flexibility index (Phi) is 4.48. The summed E-state index contributed by atoms with van der Waals surface area (Å²) in [6, 6.07) is 8.60. The van der Waals surface area contributed by atoms with E-state index in [9.17, 15) is 4.79 Å². The molecule has 1 fully saturated rings. The van der Waals surface area contributed by atoms with Crippen LogP contribution in [0.2, 0.25) is 0 Å². The first-order valence-corrected chi connectivity index (χ1v) is 6.89. The van der Waals surface area contributed by atoms with Crippen LogP contribution in [0.3, 0.4) is 0 Å². The van der Waals surface area contributed by atoms with Crippen molar-refractivity contribution in [2.75, 3.05) is 18.0 Å². The molecule has 2 heterocycles. The number of carbonyl (C=O) groups excluding carboxylic acids is 1. The van der Waals surface area contributed by atoms with Crippen molar-refractivity contribution < 1.29 is 4.79 Å². The van der Waals surface area contributed by atoms with Crippen LogP contribution in [0.15, 0.2) is 24.3 Å². The summed E-state index contributed by atoms with van der Waals surface area (Å²) in [6.45, 7) is 4.04. The second kappa shape index (κ2) is 5.93. The number of anilines is 1. The average molecular weight is 281 g/mol. The van der Waals surface area contributed by atoms with Crippen LogP contribution in [0.1, 0.15) is 25.3 Å². The Hall–Kier alpha value is -1.06. The van der Waals surface area contributed by atoms with E-state index in [1.54, 1.807) is 0 Å². The number of para-hydroxylation sites is 1. The molecule has 0 radical (unpaired) electrons. The summed E-state index contributed by atoms with van der Waals surface area (Å²) < 4.78 is 0. The molecule has 1 aromatic rings. The molecule has 1 aromatic carbocycles. The molecule has 0 saturated carbocycles. The van der Waals surface area contributed by atoms with Crippen molar-refractivity contribution in [1.29, 1.82) is 0 Å². The molecule has 0 aliphatic carbocycles. The lowest BCUT2D eigenvalue weighted by molar-refractivity contribution is -0.123. The van der Waals surface area contributed by atoms with Gasteiger partial charge in [-0.05, 0) is 44.4 Å². The number of fused-ring (bicyclic) bond motifs is 1. The van der Waals surface area contributed by atoms with Crippen molar-refractivity contribution in [2.24, 2.45) is 5.92 Å². The number of halogens is 1. The molecule has 4 heteroatoms. The molecule has 19 heavy (non-hydrogen) atoms. The van der Waals surface area contributed by atoms with Gasteiger partial charge in [0.15, 0.2) is 0 Å². The molecule has 1 saturated heterocycles. The van der Waals surface area contributed by atoms with Crippen LogP contribution >= 0.6 is 12.4 Å². The van der Waals surface area contributed by atoms with Crippen LogP contribution in [-0.2, 0) is 11.2 Å². The van der Waals surface area contributed by atoms with Gasteiger partial charge >= 0.3 is 0 Å². The summed E-state index contributed by atoms with van der Waals surface area (Å²) in [5, 5.41) is 3.33. The zero-order valence-electron chi connectivity index (χ0n) is 11.3. The molecule has 2 atom stereocenters. The average Bonchev–Trinajstić information content (AvgIpc) is 2.75. The second-order valence-corrected chi connectivity index (χ2v) is 5.43. The molecule has 2 aliphatic heterocycles. The quantitative estimate of drug-likeness (QED) is 0.857. The Morgan fingerprint density at radius 2 is 2.16 bits per heavy atom. The Balaban J connectivity index is 0.00000133. The van der Waals surface area contributed by atoms with Crippen molar-refractivity contribution >= 4 is 24.0 Å². The zero-order chi connectivity index (χ0) is 12.5. The third kappa shape index (κ3) is 2.63. The predicted molar refractivity (Wildman–Crippen MR) is 79.9 cm³/mol. The van der Waals surface area contributed by atoms with Crippen molar-refractivity contribution in [2.45, 2.75) is 32.2 Å². The van der Waals surface area contributed by atoms with Crippen molar-refractivity contribution in [1.82, 2.24) is 5.32 Å². The predicted octanol–water partition coefficient (Wildman–Crippen LogP) is 2.39. The van der Waals surface area contributed by atoms with Crippen LogP contribution in [0.25, 0.3) is 0 Å². The number of nitrogens with one attached hydrogen (secondary N) is 1. The maximum Gasteiger partial charge on any atom is 0.231 e. The van der Waals surface area contributed by atoms with E-state index in [1.807, 2.05) is 11.0 Å². The molecule has 3 rings (SSSR count). The Bertz CT molecular complexity index is 457. The van der Waals surface area contributed by atoms with Gasteiger partial charge in [0.2, 0.25) is 5.91 Å². The van der Waals surface area contributed by atoms with Gasteiger partial charge in [-0.25, -0.2) is 0 Å². The van der Waals surface area contributed by atoms with Crippen LogP contribution in [-0.4, -0.2) is 25.0 Å². The van der Waals surface area contributed by atoms with Crippen molar-refractivity contribution in [3.63, 3.8) is 0 Å². The number of hydrogen-bond donors (Lipinski definition) is 1. The highest BCUT2D eigenvalue weighted by molar-refractivity contribution is 5.97. The maximum atomic E-state index is 12.7. The van der Waals surface area contributed by atoms with E-state index in [0.29, 0.717) is 11.9 Å². The van der Waals surface area contributed by atoms with E-state index < -0.39 is 0 Å². The van der Waals surface area contributed by atoms with Crippen LogP contribution in [0.4, 0.5) is 5.69 Å². The van der Waals surface area contributed by atoms with Gasteiger partial charge in [-0.1, -0.05) is 18.2 Å². The summed E-state index contributed by atoms with van der Waals surface area (Å²) in [4.78, 5) is 14.7. The van der Waals surface area contributed by atoms with Crippen molar-refractivity contribution in [3.05, 3.63) is 29.8 Å². The van der Waals surface area contributed by atoms with Gasteiger partial charge < -0.3 is 10.2 Å². The number of benzene rings is 1. The minimum Gasteiger partial charge on any atom is -0.316 e. The maximum absolute atomic E-state index is 12.7. The first kappa shape index (κ1) is 14.4. The molecule has 0 aromatic heterocycles. The van der Waals surface area contributed by atoms with Gasteiger partial charge in [0, 0.05) is 18.3 Å². The first-order chi connectivity index (χ1) is 8.77. The fourth-order valence-corrected chi connectivity index (χ4v) is 3.16. The third-order valence-electron chi connectivity index (χ3n) is 4.09. The number of hydrogen-bond acceptors (Lipinski definition) is 2. The van der Waals surface area contributed by atoms with E-state index >= 15 is 0 Å². The van der Waals surface area contributed by atoms with E-state index in [1.165, 1.54) is 5.56 Å². The minimum atomic E-state index is 0. The Morgan fingerprint density at radius 1 is 1.37 bits per heavy atom. The van der Waals surface area contributed by atoms with E-state index in [4.69, 9.17) is 0 Å². The lowest BCUT2D eigenvalue weighted by Gasteiger charge is -2.30. The SMILES string of the molecule is CC1Cc2ccccc2N1C(=O)[C@@H]1CCCNC1.Cl. The molecule has 0 spiro atoms. The van der Waals surface area contributed by atoms with Gasteiger partial charge in [0.05, 0.1) is 5.92 Å². The molecule has 1 unspecified atom stereocenters. The van der Waals surface area contributed by atoms with E-state index in [0.717, 1.165) is 38.0 Å². The summed E-state index contributed by atoms with van der Waals surface area (Å²) in [6.07, 6.45) is 3.12. The molecule has 1 N–H and O–H groups in total. The van der Waals surface area contributed by atoms with Gasteiger partial charge in [-0.2, -0.15) is 0 Å². The van der Waals surface area contributed by atoms with Gasteiger partial charge in [0.25, 0.3) is 0 Å². The Morgan fingerprint density at radius 3 is 2.89 bits per heavy atom. The smallest absolute Gasteiger partial charge is 0.231 e. The summed E-state index contributed by atoms with van der Waals surface area (Å²) in [5.74, 6) is 0.465. The molecule has 104 valence electrons. The number of nitrogens with zero attached hydrogens (tertiary/aromatic N) is 1. The third-order valence-corrected chi connectivity index (χ3v) is 4.09. The van der Waals surface area contributed by atoms with Gasteiger partial charge in [0.1, 0.15) is 0 Å². The van der Waals surface area contributed by atoms with E-state index in [2.05, 4.69) is 30.4 Å². The first-order valence-electron chi connectivity index (χ1n) is 6.89. The topological polar surface area (TPSA) is 32.3 Å². The van der Waals surface area contributed by atoms with Crippen molar-refractivity contribution in [3.8, 4) is 0 Å². The lowest BCUT2D eigenvalue weighted by Crippen LogP contribution is -2.45. The minimum absolute atomic E-state index is 0. The molecular weight excluding hydrogens is 260 g/mol. The zero-order valence-corrected chi connectivity index (χ0v) is 12.1. The fourth-order valence-electron chi connectivity index (χ4n) is 3.16. The van der Waals surface area contributed by atoms with E-state index in [-0.39, 0.29) is 18.3 Å². The standard InChI is InChI=1S/C15H20N2O.ClH/c1-11-9-12-5-2-3-7-14(12)17(11)15(18)13-6-4-8-16-10-13;/h2-3,5,7,11,13,16H,4,6,8-10H2,1H3;1H/t11?,13-;/m1./s1. The molecular formula is C15H21ClN2O. The largest absolute Gasteiger partial charge is 0.316 e. The monoisotopic (exact) mass is 280 g/mol. The molecule has 1 amide bonds. The van der Waals surface area contributed by atoms with Gasteiger partial charge in [-0.3, -0.25) is 4.79 Å². The summed E-state index contributed by atoms with van der Waals surface area (Å²) >= 11 is 0. The van der Waals surface area contributed by atoms with Crippen LogP contribution in [0.5, 0.6) is 0 Å². The summed E-state index contributed by atoms with van der Waals surface area (Å²) in [5.41, 5.74) is 2.43. The summed E-state index contributed by atoms with van der Waals surface area (Å²) in [7, 11) is 0. The highest BCUT2D eigenvalue weighted by Gasteiger charge is 2.34.